The predicted octanol–water partition coefficient (Wildman–Crippen LogP) is 0.798. The molecule has 0 saturated carbocycles. The largest absolute Gasteiger partial charge is 0.322 e. The van der Waals surface area contributed by atoms with Crippen molar-refractivity contribution in [1.82, 2.24) is 15.1 Å². The molecule has 2 N–H and O–H groups in total. The Hall–Kier alpha value is -1.91. The molecule has 0 aliphatic heterocycles. The molecule has 0 saturated heterocycles. The normalized spacial score (nSPS) is 10.2. The number of hydrogen-bond donors (Lipinski definition) is 1. The van der Waals surface area contributed by atoms with Crippen molar-refractivity contribution in [1.29, 1.82) is 0 Å². The number of nitrogens with zero attached hydrogens (tertiary/aromatic N) is 3. The van der Waals surface area contributed by atoms with Crippen molar-refractivity contribution in [2.45, 2.75) is 0 Å². The standard InChI is InChI=1S/C8H7FN4/c9-7-3-1-6(2-4-7)8-5-13(10)12-11-8/h1-5H,10H2. The minimum absolute atomic E-state index is 0.274. The number of aromatic nitrogens is 3. The first-order valence-corrected chi connectivity index (χ1v) is 3.69. The van der Waals surface area contributed by atoms with Gasteiger partial charge in [-0.25, -0.2) is 4.39 Å². The van der Waals surface area contributed by atoms with Crippen LogP contribution in [-0.2, 0) is 0 Å². The molecule has 1 heterocycles. The Bertz CT molecular complexity index is 406. The van der Waals surface area contributed by atoms with Crippen LogP contribution in [0, 0.1) is 5.82 Å². The molecule has 0 radical (unpaired) electrons. The third-order valence-corrected chi connectivity index (χ3v) is 1.65. The van der Waals surface area contributed by atoms with Crippen molar-refractivity contribution >= 4 is 0 Å². The van der Waals surface area contributed by atoms with Crippen molar-refractivity contribution in [2.24, 2.45) is 0 Å². The molecule has 0 unspecified atom stereocenters. The van der Waals surface area contributed by atoms with Gasteiger partial charge in [0.05, 0.1) is 6.20 Å². The molecule has 0 fully saturated rings. The van der Waals surface area contributed by atoms with Gasteiger partial charge in [0.2, 0.25) is 0 Å². The summed E-state index contributed by atoms with van der Waals surface area (Å²) in [5, 5.41) is 7.35. The molecular weight excluding hydrogens is 171 g/mol. The molecule has 0 atom stereocenters. The first-order valence-electron chi connectivity index (χ1n) is 3.69. The maximum Gasteiger partial charge on any atom is 0.123 e. The first kappa shape index (κ1) is 7.72. The summed E-state index contributed by atoms with van der Waals surface area (Å²) in [7, 11) is 0. The molecule has 2 rings (SSSR count). The van der Waals surface area contributed by atoms with Gasteiger partial charge in [0.15, 0.2) is 0 Å². The van der Waals surface area contributed by atoms with Gasteiger partial charge in [0.1, 0.15) is 11.5 Å². The van der Waals surface area contributed by atoms with E-state index >= 15 is 0 Å². The van der Waals surface area contributed by atoms with Crippen LogP contribution in [0.3, 0.4) is 0 Å². The topological polar surface area (TPSA) is 56.7 Å². The van der Waals surface area contributed by atoms with Gasteiger partial charge in [-0.1, -0.05) is 0 Å². The van der Waals surface area contributed by atoms with Gasteiger partial charge in [-0.15, -0.1) is 5.10 Å². The van der Waals surface area contributed by atoms with Crippen LogP contribution in [0.5, 0.6) is 0 Å². The van der Waals surface area contributed by atoms with E-state index in [0.717, 1.165) is 10.4 Å². The molecule has 0 amide bonds. The summed E-state index contributed by atoms with van der Waals surface area (Å²) in [5.74, 6) is 5.04. The van der Waals surface area contributed by atoms with Gasteiger partial charge in [0.25, 0.3) is 0 Å². The Kier molecular flexibility index (Phi) is 1.70. The van der Waals surface area contributed by atoms with Crippen LogP contribution < -0.4 is 5.84 Å². The van der Waals surface area contributed by atoms with E-state index in [1.54, 1.807) is 18.3 Å². The molecule has 1 aromatic heterocycles. The van der Waals surface area contributed by atoms with E-state index in [2.05, 4.69) is 10.3 Å². The van der Waals surface area contributed by atoms with E-state index in [-0.39, 0.29) is 5.82 Å². The van der Waals surface area contributed by atoms with Gasteiger partial charge in [0, 0.05) is 5.56 Å². The smallest absolute Gasteiger partial charge is 0.123 e. The Labute approximate surface area is 73.8 Å². The second-order valence-electron chi connectivity index (χ2n) is 2.59. The second-order valence-corrected chi connectivity index (χ2v) is 2.59. The van der Waals surface area contributed by atoms with Crippen LogP contribution in [0.2, 0.25) is 0 Å². The average Bonchev–Trinajstić information content (AvgIpc) is 2.53. The lowest BCUT2D eigenvalue weighted by Crippen LogP contribution is -2.07. The van der Waals surface area contributed by atoms with Crippen LogP contribution in [0.15, 0.2) is 30.5 Å². The summed E-state index contributed by atoms with van der Waals surface area (Å²) in [4.78, 5) is 1.11. The zero-order valence-electron chi connectivity index (χ0n) is 6.68. The number of benzene rings is 1. The summed E-state index contributed by atoms with van der Waals surface area (Å²) in [5.41, 5.74) is 1.42. The summed E-state index contributed by atoms with van der Waals surface area (Å²) in [6, 6.07) is 5.98. The minimum atomic E-state index is -0.274. The average molecular weight is 178 g/mol. The molecule has 13 heavy (non-hydrogen) atoms. The molecule has 0 spiro atoms. The molecule has 0 aliphatic rings. The molecule has 0 bridgehead atoms. The Morgan fingerprint density at radius 3 is 2.46 bits per heavy atom. The highest BCUT2D eigenvalue weighted by Crippen LogP contribution is 2.15. The van der Waals surface area contributed by atoms with E-state index in [1.165, 1.54) is 12.1 Å². The zero-order chi connectivity index (χ0) is 9.26. The lowest BCUT2D eigenvalue weighted by atomic mass is 10.2. The van der Waals surface area contributed by atoms with Crippen molar-refractivity contribution in [2.75, 3.05) is 5.84 Å². The highest BCUT2D eigenvalue weighted by atomic mass is 19.1. The van der Waals surface area contributed by atoms with Crippen LogP contribution in [0.4, 0.5) is 4.39 Å². The maximum absolute atomic E-state index is 12.5. The molecule has 66 valence electrons. The highest BCUT2D eigenvalue weighted by molar-refractivity contribution is 5.57. The van der Waals surface area contributed by atoms with Crippen LogP contribution in [0.1, 0.15) is 0 Å². The minimum Gasteiger partial charge on any atom is -0.322 e. The third kappa shape index (κ3) is 1.48. The highest BCUT2D eigenvalue weighted by Gasteiger charge is 2.01. The molecule has 0 aliphatic carbocycles. The summed E-state index contributed by atoms with van der Waals surface area (Å²) in [6.45, 7) is 0. The molecule has 5 heteroatoms. The predicted molar refractivity (Wildman–Crippen MR) is 45.6 cm³/mol. The first-order chi connectivity index (χ1) is 6.25. The van der Waals surface area contributed by atoms with E-state index in [1.807, 2.05) is 0 Å². The molecule has 2 aromatic rings. The van der Waals surface area contributed by atoms with Gasteiger partial charge in [-0.3, -0.25) is 0 Å². The lowest BCUT2D eigenvalue weighted by molar-refractivity contribution is 0.628. The summed E-state index contributed by atoms with van der Waals surface area (Å²) < 4.78 is 12.5. The second kappa shape index (κ2) is 2.85. The van der Waals surface area contributed by atoms with Crippen LogP contribution >= 0.6 is 0 Å². The fraction of sp³-hybridized carbons (Fsp3) is 0. The molecule has 4 nitrogen and oxygen atoms in total. The summed E-state index contributed by atoms with van der Waals surface area (Å²) in [6.07, 6.45) is 1.56. The third-order valence-electron chi connectivity index (χ3n) is 1.65. The van der Waals surface area contributed by atoms with Gasteiger partial charge < -0.3 is 5.84 Å². The fourth-order valence-electron chi connectivity index (χ4n) is 1.03. The number of nitrogen functional groups attached to an aromatic ring is 1. The van der Waals surface area contributed by atoms with E-state index < -0.39 is 0 Å². The van der Waals surface area contributed by atoms with Crippen LogP contribution in [-0.4, -0.2) is 15.1 Å². The lowest BCUT2D eigenvalue weighted by Gasteiger charge is -1.93. The van der Waals surface area contributed by atoms with Gasteiger partial charge >= 0.3 is 0 Å². The van der Waals surface area contributed by atoms with Gasteiger partial charge in [-0.05, 0) is 29.5 Å². The van der Waals surface area contributed by atoms with Crippen molar-refractivity contribution < 1.29 is 4.39 Å². The van der Waals surface area contributed by atoms with E-state index in [9.17, 15) is 4.39 Å². The summed E-state index contributed by atoms with van der Waals surface area (Å²) >= 11 is 0. The molecular formula is C8H7FN4. The van der Waals surface area contributed by atoms with E-state index in [0.29, 0.717) is 5.69 Å². The Morgan fingerprint density at radius 2 is 1.92 bits per heavy atom. The monoisotopic (exact) mass is 178 g/mol. The molecule has 1 aromatic carbocycles. The van der Waals surface area contributed by atoms with Crippen LogP contribution in [0.25, 0.3) is 11.3 Å². The van der Waals surface area contributed by atoms with E-state index in [4.69, 9.17) is 5.84 Å². The number of nitrogens with two attached hydrogens (primary N) is 1. The SMILES string of the molecule is Nn1cc(-c2ccc(F)cc2)nn1. The zero-order valence-corrected chi connectivity index (χ0v) is 6.68. The number of halogens is 1. The Morgan fingerprint density at radius 1 is 1.23 bits per heavy atom. The van der Waals surface area contributed by atoms with Crippen molar-refractivity contribution in [3.63, 3.8) is 0 Å². The van der Waals surface area contributed by atoms with Gasteiger partial charge in [-0.2, -0.15) is 4.79 Å². The quantitative estimate of drug-likeness (QED) is 0.657. The van der Waals surface area contributed by atoms with Crippen molar-refractivity contribution in [3.8, 4) is 11.3 Å². The maximum atomic E-state index is 12.5. The Balaban J connectivity index is 2.41. The van der Waals surface area contributed by atoms with Crippen molar-refractivity contribution in [3.05, 3.63) is 36.3 Å². The number of rotatable bonds is 1. The number of hydrogen-bond acceptors (Lipinski definition) is 3. The fourth-order valence-corrected chi connectivity index (χ4v) is 1.03.